The zero-order valence-corrected chi connectivity index (χ0v) is 11.6. The van der Waals surface area contributed by atoms with Gasteiger partial charge in [-0.15, -0.1) is 0 Å². The lowest BCUT2D eigenvalue weighted by Gasteiger charge is -2.10. The minimum Gasteiger partial charge on any atom is -0.426 e. The first-order chi connectivity index (χ1) is 9.22. The monoisotopic (exact) mass is 266 g/mol. The van der Waals surface area contributed by atoms with Crippen LogP contribution < -0.4 is 4.74 Å². The number of benzene rings is 1. The second-order valence-electron chi connectivity index (χ2n) is 4.24. The van der Waals surface area contributed by atoms with E-state index < -0.39 is 0 Å². The summed E-state index contributed by atoms with van der Waals surface area (Å²) in [5.74, 6) is 0.279. The van der Waals surface area contributed by atoms with Crippen LogP contribution in [0.25, 0.3) is 0 Å². The van der Waals surface area contributed by atoms with Crippen LogP contribution in [0, 0.1) is 0 Å². The van der Waals surface area contributed by atoms with Crippen molar-refractivity contribution in [3.8, 4) is 5.75 Å². The smallest absolute Gasteiger partial charge is 0.313 e. The van der Waals surface area contributed by atoms with Gasteiger partial charge in [-0.25, -0.2) is 0 Å². The fourth-order valence-electron chi connectivity index (χ4n) is 1.35. The summed E-state index contributed by atoms with van der Waals surface area (Å²) in [6, 6.07) is 9.02. The van der Waals surface area contributed by atoms with Gasteiger partial charge in [-0.2, -0.15) is 0 Å². The van der Waals surface area contributed by atoms with Gasteiger partial charge in [0.05, 0.1) is 32.3 Å². The third-order valence-corrected chi connectivity index (χ3v) is 2.63. The Labute approximate surface area is 114 Å². The number of hydrogen-bond acceptors (Lipinski definition) is 4. The molecule has 0 bridgehead atoms. The van der Waals surface area contributed by atoms with Crippen molar-refractivity contribution in [1.82, 2.24) is 0 Å². The van der Waals surface area contributed by atoms with Gasteiger partial charge in [0.2, 0.25) is 0 Å². The zero-order chi connectivity index (χ0) is 13.9. The van der Waals surface area contributed by atoms with Crippen LogP contribution in [0.1, 0.15) is 26.7 Å². The fourth-order valence-corrected chi connectivity index (χ4v) is 1.35. The number of carbonyl (C=O) groups is 1. The molecule has 1 aromatic carbocycles. The molecule has 0 N–H and O–H groups in total. The van der Waals surface area contributed by atoms with Crippen molar-refractivity contribution in [3.63, 3.8) is 0 Å². The van der Waals surface area contributed by atoms with Gasteiger partial charge in [-0.1, -0.05) is 25.1 Å². The van der Waals surface area contributed by atoms with Crippen LogP contribution in [0.5, 0.6) is 5.75 Å². The van der Waals surface area contributed by atoms with Crippen molar-refractivity contribution < 1.29 is 19.0 Å². The molecule has 0 spiro atoms. The lowest BCUT2D eigenvalue weighted by atomic mass is 10.3. The highest BCUT2D eigenvalue weighted by Crippen LogP contribution is 2.09. The van der Waals surface area contributed by atoms with Crippen LogP contribution in [0.4, 0.5) is 0 Å². The molecule has 1 atom stereocenters. The van der Waals surface area contributed by atoms with Gasteiger partial charge in [-0.3, -0.25) is 4.79 Å². The minimum atomic E-state index is -0.283. The van der Waals surface area contributed by atoms with Gasteiger partial charge in [0, 0.05) is 0 Å². The Bertz CT molecular complexity index is 350. The van der Waals surface area contributed by atoms with E-state index in [1.807, 2.05) is 25.1 Å². The highest BCUT2D eigenvalue weighted by Gasteiger charge is 2.04. The Balaban J connectivity index is 2.02. The second-order valence-corrected chi connectivity index (χ2v) is 4.24. The van der Waals surface area contributed by atoms with E-state index in [9.17, 15) is 4.79 Å². The summed E-state index contributed by atoms with van der Waals surface area (Å²) in [7, 11) is 0. The first-order valence-corrected chi connectivity index (χ1v) is 6.67. The maximum Gasteiger partial charge on any atom is 0.313 e. The number of carbonyl (C=O) groups excluding carboxylic acids is 1. The summed E-state index contributed by atoms with van der Waals surface area (Å²) in [4.78, 5) is 11.5. The minimum absolute atomic E-state index is 0.248. The van der Waals surface area contributed by atoms with Crippen molar-refractivity contribution in [1.29, 1.82) is 0 Å². The summed E-state index contributed by atoms with van der Waals surface area (Å²) in [5, 5.41) is 0. The molecular formula is C15H22O4. The van der Waals surface area contributed by atoms with E-state index >= 15 is 0 Å². The number of rotatable bonds is 9. The van der Waals surface area contributed by atoms with Gasteiger partial charge < -0.3 is 14.2 Å². The van der Waals surface area contributed by atoms with E-state index in [2.05, 4.69) is 6.92 Å². The molecule has 0 aliphatic carbocycles. The van der Waals surface area contributed by atoms with Crippen molar-refractivity contribution in [3.05, 3.63) is 30.3 Å². The van der Waals surface area contributed by atoms with E-state index in [-0.39, 0.29) is 18.5 Å². The first kappa shape index (κ1) is 15.7. The molecule has 0 aliphatic heterocycles. The molecule has 106 valence electrons. The van der Waals surface area contributed by atoms with Gasteiger partial charge in [-0.05, 0) is 25.5 Å². The maximum atomic E-state index is 11.5. The average Bonchev–Trinajstić information content (AvgIpc) is 2.43. The second kappa shape index (κ2) is 9.53. The maximum absolute atomic E-state index is 11.5. The van der Waals surface area contributed by atoms with Crippen LogP contribution >= 0.6 is 0 Å². The number of ether oxygens (including phenoxy) is 3. The molecule has 0 heterocycles. The molecule has 0 aromatic heterocycles. The highest BCUT2D eigenvalue weighted by molar-refractivity contribution is 5.72. The topological polar surface area (TPSA) is 44.8 Å². The van der Waals surface area contributed by atoms with E-state index in [4.69, 9.17) is 14.2 Å². The Morgan fingerprint density at radius 1 is 1.16 bits per heavy atom. The molecule has 0 radical (unpaired) electrons. The third kappa shape index (κ3) is 7.59. The van der Waals surface area contributed by atoms with Crippen molar-refractivity contribution in [2.75, 3.05) is 19.8 Å². The van der Waals surface area contributed by atoms with E-state index in [0.717, 1.165) is 6.42 Å². The van der Waals surface area contributed by atoms with E-state index in [1.165, 1.54) is 0 Å². The number of esters is 1. The number of hydrogen-bond donors (Lipinski definition) is 0. The molecule has 1 rings (SSSR count). The summed E-state index contributed by atoms with van der Waals surface area (Å²) < 4.78 is 15.9. The molecular weight excluding hydrogens is 244 g/mol. The molecule has 0 saturated carbocycles. The van der Waals surface area contributed by atoms with Crippen molar-refractivity contribution in [2.45, 2.75) is 32.8 Å². The molecule has 1 aromatic rings. The number of para-hydroxylation sites is 1. The standard InChI is InChI=1S/C15H22O4/c1-3-13(2)18-12-11-17-10-9-15(16)19-14-7-5-4-6-8-14/h4-8,13H,3,9-12H2,1-2H3. The van der Waals surface area contributed by atoms with Crippen molar-refractivity contribution >= 4 is 5.97 Å². The Morgan fingerprint density at radius 2 is 1.89 bits per heavy atom. The van der Waals surface area contributed by atoms with Gasteiger partial charge in [0.1, 0.15) is 5.75 Å². The lowest BCUT2D eigenvalue weighted by Crippen LogP contribution is -2.15. The molecule has 0 fully saturated rings. The summed E-state index contributed by atoms with van der Waals surface area (Å²) >= 11 is 0. The molecule has 0 amide bonds. The van der Waals surface area contributed by atoms with Gasteiger partial charge >= 0.3 is 5.97 Å². The Morgan fingerprint density at radius 3 is 2.58 bits per heavy atom. The SMILES string of the molecule is CCC(C)OCCOCCC(=O)Oc1ccccc1. The third-order valence-electron chi connectivity index (χ3n) is 2.63. The summed E-state index contributed by atoms with van der Waals surface area (Å²) in [5.41, 5.74) is 0. The molecule has 4 nitrogen and oxygen atoms in total. The average molecular weight is 266 g/mol. The predicted molar refractivity (Wildman–Crippen MR) is 73.2 cm³/mol. The van der Waals surface area contributed by atoms with E-state index in [0.29, 0.717) is 25.6 Å². The zero-order valence-electron chi connectivity index (χ0n) is 11.6. The highest BCUT2D eigenvalue weighted by atomic mass is 16.5. The molecule has 0 aliphatic rings. The molecule has 0 saturated heterocycles. The van der Waals surface area contributed by atoms with Crippen LogP contribution in [0.2, 0.25) is 0 Å². The molecule has 19 heavy (non-hydrogen) atoms. The van der Waals surface area contributed by atoms with Gasteiger partial charge in [0.25, 0.3) is 0 Å². The molecule has 4 heteroatoms. The quantitative estimate of drug-likeness (QED) is 0.392. The normalized spacial score (nSPS) is 12.1. The fraction of sp³-hybridized carbons (Fsp3) is 0.533. The van der Waals surface area contributed by atoms with Crippen LogP contribution in [0.3, 0.4) is 0 Å². The van der Waals surface area contributed by atoms with Crippen LogP contribution in [-0.2, 0) is 14.3 Å². The van der Waals surface area contributed by atoms with E-state index in [1.54, 1.807) is 12.1 Å². The lowest BCUT2D eigenvalue weighted by molar-refractivity contribution is -0.135. The van der Waals surface area contributed by atoms with Crippen molar-refractivity contribution in [2.24, 2.45) is 0 Å². The largest absolute Gasteiger partial charge is 0.426 e. The Kier molecular flexibility index (Phi) is 7.86. The predicted octanol–water partition coefficient (Wildman–Crippen LogP) is 2.81. The molecule has 1 unspecified atom stereocenters. The first-order valence-electron chi connectivity index (χ1n) is 6.67. The Hall–Kier alpha value is -1.39. The van der Waals surface area contributed by atoms with Crippen LogP contribution in [0.15, 0.2) is 30.3 Å². The summed E-state index contributed by atoms with van der Waals surface area (Å²) in [6.07, 6.45) is 1.49. The van der Waals surface area contributed by atoms with Gasteiger partial charge in [0.15, 0.2) is 0 Å². The van der Waals surface area contributed by atoms with Crippen LogP contribution in [-0.4, -0.2) is 31.9 Å². The summed E-state index contributed by atoms with van der Waals surface area (Å²) in [6.45, 7) is 5.52.